The zero-order valence-corrected chi connectivity index (χ0v) is 28.7. The number of carbonyl (C=O) groups is 2. The molecule has 1 aliphatic heterocycles. The number of aliphatic hydroxyl groups is 1. The second-order valence-corrected chi connectivity index (χ2v) is 14.3. The number of para-hydroxylation sites is 3. The molecule has 0 aliphatic carbocycles. The molecule has 1 aromatic heterocycles. The van der Waals surface area contributed by atoms with E-state index in [4.69, 9.17) is 20.2 Å². The summed E-state index contributed by atoms with van der Waals surface area (Å²) < 4.78 is 15.2. The monoisotopic (exact) mass is 696 g/mol. The molecule has 2 amide bonds. The third-order valence-electron chi connectivity index (χ3n) is 8.27. The van der Waals surface area contributed by atoms with E-state index in [1.165, 1.54) is 0 Å². The van der Waals surface area contributed by atoms with E-state index >= 15 is 0 Å². The van der Waals surface area contributed by atoms with E-state index in [-0.39, 0.29) is 30.6 Å². The SMILES string of the molecule is Nc1ccccc1NC(=O)CCCCCC(=O)Nc1cccc([C@@H]2O[C@H](CSc3nc4ccccc4s3)C[C@H](c3ccc(CO)cc3)O2)c1. The van der Waals surface area contributed by atoms with Crippen molar-refractivity contribution in [3.8, 4) is 0 Å². The summed E-state index contributed by atoms with van der Waals surface area (Å²) in [5.74, 6) is 0.535. The molecule has 5 N–H and O–H groups in total. The molecule has 11 heteroatoms. The van der Waals surface area contributed by atoms with Crippen LogP contribution in [0.15, 0.2) is 101 Å². The van der Waals surface area contributed by atoms with Crippen LogP contribution >= 0.6 is 23.1 Å². The van der Waals surface area contributed by atoms with Gasteiger partial charge >= 0.3 is 0 Å². The molecule has 0 unspecified atom stereocenters. The Morgan fingerprint density at radius 1 is 0.857 bits per heavy atom. The van der Waals surface area contributed by atoms with Crippen LogP contribution in [0.4, 0.5) is 17.1 Å². The quantitative estimate of drug-likeness (QED) is 0.0518. The molecule has 9 nitrogen and oxygen atoms in total. The highest BCUT2D eigenvalue weighted by atomic mass is 32.2. The number of ether oxygens (including phenoxy) is 2. The van der Waals surface area contributed by atoms with E-state index in [9.17, 15) is 14.7 Å². The number of thioether (sulfide) groups is 1. The Bertz CT molecular complexity index is 1830. The molecule has 254 valence electrons. The first-order chi connectivity index (χ1) is 23.9. The number of fused-ring (bicyclic) bond motifs is 1. The minimum Gasteiger partial charge on any atom is -0.397 e. The number of aromatic nitrogens is 1. The molecule has 0 saturated carbocycles. The first-order valence-electron chi connectivity index (χ1n) is 16.5. The van der Waals surface area contributed by atoms with Gasteiger partial charge in [0.2, 0.25) is 11.8 Å². The molecule has 0 bridgehead atoms. The van der Waals surface area contributed by atoms with Crippen LogP contribution in [0.3, 0.4) is 0 Å². The van der Waals surface area contributed by atoms with Gasteiger partial charge in [-0.15, -0.1) is 11.3 Å². The van der Waals surface area contributed by atoms with Crippen LogP contribution in [0, 0.1) is 0 Å². The second-order valence-electron chi connectivity index (χ2n) is 12.0. The molecular weight excluding hydrogens is 657 g/mol. The summed E-state index contributed by atoms with van der Waals surface area (Å²) in [6.07, 6.45) is 2.55. The number of unbranched alkanes of at least 4 members (excludes halogenated alkanes) is 2. The van der Waals surface area contributed by atoms with E-state index < -0.39 is 6.29 Å². The number of nitrogen functional groups attached to an aromatic ring is 1. The summed E-state index contributed by atoms with van der Waals surface area (Å²) in [7, 11) is 0. The number of benzene rings is 4. The number of thiazole rings is 1. The maximum absolute atomic E-state index is 12.8. The van der Waals surface area contributed by atoms with Crippen molar-refractivity contribution in [2.24, 2.45) is 0 Å². The predicted molar refractivity (Wildman–Crippen MR) is 196 cm³/mol. The highest BCUT2D eigenvalue weighted by molar-refractivity contribution is 8.01. The van der Waals surface area contributed by atoms with Crippen LogP contribution in [-0.4, -0.2) is 33.8 Å². The van der Waals surface area contributed by atoms with Gasteiger partial charge in [-0.2, -0.15) is 0 Å². The number of nitrogens with zero attached hydrogens (tertiary/aromatic N) is 1. The van der Waals surface area contributed by atoms with E-state index in [0.717, 1.165) is 37.7 Å². The lowest BCUT2D eigenvalue weighted by molar-refractivity contribution is -0.245. The fraction of sp³-hybridized carbons (Fsp3) is 0.289. The van der Waals surface area contributed by atoms with Crippen molar-refractivity contribution in [2.45, 2.75) is 68.0 Å². The first-order valence-corrected chi connectivity index (χ1v) is 18.3. The third kappa shape index (κ3) is 9.68. The van der Waals surface area contributed by atoms with Gasteiger partial charge in [-0.1, -0.05) is 78.8 Å². The van der Waals surface area contributed by atoms with Crippen molar-refractivity contribution in [1.29, 1.82) is 0 Å². The lowest BCUT2D eigenvalue weighted by Gasteiger charge is -2.36. The summed E-state index contributed by atoms with van der Waals surface area (Å²) in [6.45, 7) is -0.0146. The van der Waals surface area contributed by atoms with E-state index in [1.807, 2.05) is 78.9 Å². The van der Waals surface area contributed by atoms with Crippen LogP contribution in [-0.2, 0) is 25.7 Å². The zero-order chi connectivity index (χ0) is 34.0. The normalized spacial score (nSPS) is 17.5. The molecule has 1 fully saturated rings. The van der Waals surface area contributed by atoms with E-state index in [1.54, 1.807) is 35.2 Å². The van der Waals surface area contributed by atoms with Crippen LogP contribution in [0.5, 0.6) is 0 Å². The van der Waals surface area contributed by atoms with Gasteiger partial charge in [0, 0.05) is 36.3 Å². The lowest BCUT2D eigenvalue weighted by Crippen LogP contribution is -2.31. The van der Waals surface area contributed by atoms with Gasteiger partial charge in [-0.05, 0) is 60.4 Å². The summed E-state index contributed by atoms with van der Waals surface area (Å²) in [4.78, 5) is 29.9. The third-order valence-corrected chi connectivity index (χ3v) is 10.6. The molecular formula is C38H40N4O5S2. The smallest absolute Gasteiger partial charge is 0.224 e. The molecule has 0 spiro atoms. The van der Waals surface area contributed by atoms with Crippen LogP contribution in [0.2, 0.25) is 0 Å². The average Bonchev–Trinajstić information content (AvgIpc) is 3.55. The van der Waals surface area contributed by atoms with Crippen molar-refractivity contribution in [3.05, 3.63) is 114 Å². The fourth-order valence-electron chi connectivity index (χ4n) is 5.66. The van der Waals surface area contributed by atoms with Gasteiger partial charge in [0.1, 0.15) is 0 Å². The number of hydrogen-bond donors (Lipinski definition) is 4. The molecule has 3 atom stereocenters. The fourth-order valence-corrected chi connectivity index (χ4v) is 7.77. The number of aliphatic hydroxyl groups excluding tert-OH is 1. The standard InChI is InChI=1S/C38H40N4O5S2/c39-30-11-4-5-12-31(30)41-36(45)16-3-1-2-15-35(44)40-28-10-8-9-27(21-28)37-46-29(22-33(47-37)26-19-17-25(23-43)18-20-26)24-48-38-42-32-13-6-7-14-34(32)49-38/h4-14,17-21,29,33,37,43H,1-3,15-16,22-24,39H2,(H,40,44)(H,41,45)/t29-,33+,37+/m0/s1. The summed E-state index contributed by atoms with van der Waals surface area (Å²) >= 11 is 3.37. The Morgan fingerprint density at radius 2 is 1.61 bits per heavy atom. The number of rotatable bonds is 14. The predicted octanol–water partition coefficient (Wildman–Crippen LogP) is 8.24. The number of nitrogens with one attached hydrogen (secondary N) is 2. The van der Waals surface area contributed by atoms with Crippen molar-refractivity contribution in [3.63, 3.8) is 0 Å². The first kappa shape index (κ1) is 34.6. The van der Waals surface area contributed by atoms with Gasteiger partial charge in [0.25, 0.3) is 0 Å². The van der Waals surface area contributed by atoms with E-state index in [0.29, 0.717) is 54.9 Å². The number of anilines is 3. The number of amides is 2. The zero-order valence-electron chi connectivity index (χ0n) is 27.0. The maximum atomic E-state index is 12.8. The van der Waals surface area contributed by atoms with Crippen molar-refractivity contribution in [1.82, 2.24) is 4.98 Å². The van der Waals surface area contributed by atoms with Gasteiger partial charge in [-0.25, -0.2) is 4.98 Å². The minimum atomic E-state index is -0.633. The summed E-state index contributed by atoms with van der Waals surface area (Å²) in [5.41, 5.74) is 11.4. The highest BCUT2D eigenvalue weighted by Crippen LogP contribution is 2.40. The Balaban J connectivity index is 1.03. The van der Waals surface area contributed by atoms with Gasteiger partial charge < -0.3 is 30.9 Å². The lowest BCUT2D eigenvalue weighted by atomic mass is 10.0. The Labute approximate surface area is 294 Å². The van der Waals surface area contributed by atoms with Crippen molar-refractivity contribution >= 4 is 62.2 Å². The molecule has 49 heavy (non-hydrogen) atoms. The van der Waals surface area contributed by atoms with Crippen molar-refractivity contribution in [2.75, 3.05) is 22.1 Å². The molecule has 5 aromatic rings. The van der Waals surface area contributed by atoms with Gasteiger partial charge in [0.05, 0.1) is 40.4 Å². The van der Waals surface area contributed by atoms with Crippen molar-refractivity contribution < 1.29 is 24.2 Å². The number of nitrogens with two attached hydrogens (primary N) is 1. The number of carbonyl (C=O) groups excluding carboxylic acids is 2. The molecule has 4 aromatic carbocycles. The Morgan fingerprint density at radius 3 is 2.39 bits per heavy atom. The summed E-state index contributed by atoms with van der Waals surface area (Å²) in [5, 5.41) is 15.4. The Kier molecular flexibility index (Phi) is 11.9. The second kappa shape index (κ2) is 16.9. The van der Waals surface area contributed by atoms with Gasteiger partial charge in [0.15, 0.2) is 10.6 Å². The number of hydrogen-bond acceptors (Lipinski definition) is 9. The molecule has 6 rings (SSSR count). The van der Waals surface area contributed by atoms with E-state index in [2.05, 4.69) is 16.7 Å². The molecule has 0 radical (unpaired) electrons. The molecule has 1 aliphatic rings. The maximum Gasteiger partial charge on any atom is 0.224 e. The largest absolute Gasteiger partial charge is 0.397 e. The molecule has 1 saturated heterocycles. The highest BCUT2D eigenvalue weighted by Gasteiger charge is 2.32. The Hall–Kier alpha value is -4.26. The van der Waals surface area contributed by atoms with Crippen LogP contribution < -0.4 is 16.4 Å². The topological polar surface area (TPSA) is 136 Å². The molecule has 2 heterocycles. The summed E-state index contributed by atoms with van der Waals surface area (Å²) in [6, 6.07) is 30.7. The van der Waals surface area contributed by atoms with Gasteiger partial charge in [-0.3, -0.25) is 9.59 Å². The van der Waals surface area contributed by atoms with Crippen LogP contribution in [0.1, 0.15) is 67.6 Å². The minimum absolute atomic E-state index is 0.0146. The average molecular weight is 697 g/mol. The van der Waals surface area contributed by atoms with Crippen LogP contribution in [0.25, 0.3) is 10.2 Å².